The third kappa shape index (κ3) is 5.64. The second-order valence-corrected chi connectivity index (χ2v) is 20.7. The van der Waals surface area contributed by atoms with E-state index in [0.29, 0.717) is 67.2 Å². The minimum atomic E-state index is -2.92. The van der Waals surface area contributed by atoms with Gasteiger partial charge in [-0.2, -0.15) is 0 Å². The molecule has 0 spiro atoms. The van der Waals surface area contributed by atoms with Crippen LogP contribution >= 0.6 is 0 Å². The number of hydrogen-bond acceptors (Lipinski definition) is 5. The summed E-state index contributed by atoms with van der Waals surface area (Å²) in [6, 6.07) is 7.50. The lowest BCUT2D eigenvalue weighted by Crippen LogP contribution is -2.62. The SMILES string of the molecule is C=C(C)[C@@H]1CC[C@]2(C(=O)NCCN3CCS(=O)(=O)CC3)CCC3[C@H](CCC4[C@@]3(C)CC[C@H]3C(C)(C)C(c5ccc(C(=O)O)cc5)=CC[C@]43C)C12. The first-order chi connectivity index (χ1) is 23.5. The van der Waals surface area contributed by atoms with Gasteiger partial charge >= 0.3 is 5.97 Å². The zero-order valence-electron chi connectivity index (χ0n) is 31.1. The van der Waals surface area contributed by atoms with Crippen LogP contribution in [0.3, 0.4) is 0 Å². The Kier molecular flexibility index (Phi) is 9.05. The fourth-order valence-electron chi connectivity index (χ4n) is 13.6. The molecule has 4 saturated carbocycles. The van der Waals surface area contributed by atoms with E-state index in [1.807, 2.05) is 12.1 Å². The highest BCUT2D eigenvalue weighted by Gasteiger charge is 2.67. The molecular formula is C42H60N2O5S. The van der Waals surface area contributed by atoms with Crippen molar-refractivity contribution in [3.8, 4) is 0 Å². The van der Waals surface area contributed by atoms with Crippen molar-refractivity contribution < 1.29 is 23.1 Å². The van der Waals surface area contributed by atoms with Gasteiger partial charge in [0.1, 0.15) is 0 Å². The molecule has 274 valence electrons. The summed E-state index contributed by atoms with van der Waals surface area (Å²) in [4.78, 5) is 28.1. The van der Waals surface area contributed by atoms with Crippen LogP contribution in [0.15, 0.2) is 42.5 Å². The zero-order chi connectivity index (χ0) is 35.9. The molecule has 50 heavy (non-hydrogen) atoms. The van der Waals surface area contributed by atoms with Crippen molar-refractivity contribution >= 4 is 27.3 Å². The zero-order valence-corrected chi connectivity index (χ0v) is 31.9. The van der Waals surface area contributed by atoms with Crippen molar-refractivity contribution in [1.82, 2.24) is 10.2 Å². The Bertz CT molecular complexity index is 1670. The number of carboxylic acids is 1. The van der Waals surface area contributed by atoms with E-state index in [1.54, 1.807) is 12.1 Å². The molecule has 8 heteroatoms. The first-order valence-electron chi connectivity index (χ1n) is 19.4. The number of aromatic carboxylic acids is 1. The van der Waals surface area contributed by atoms with Gasteiger partial charge in [-0.1, -0.05) is 58.1 Å². The summed E-state index contributed by atoms with van der Waals surface area (Å²) in [5, 5.41) is 12.8. The molecule has 3 unspecified atom stereocenters. The van der Waals surface area contributed by atoms with Crippen molar-refractivity contribution in [2.75, 3.05) is 37.7 Å². The summed E-state index contributed by atoms with van der Waals surface area (Å²) in [7, 11) is -2.92. The third-order valence-corrected chi connectivity index (χ3v) is 17.4. The van der Waals surface area contributed by atoms with Gasteiger partial charge in [-0.15, -0.1) is 0 Å². The molecule has 1 aromatic rings. The first-order valence-corrected chi connectivity index (χ1v) is 21.3. The van der Waals surface area contributed by atoms with Gasteiger partial charge < -0.3 is 10.4 Å². The van der Waals surface area contributed by atoms with Gasteiger partial charge in [0.15, 0.2) is 9.84 Å². The highest BCUT2D eigenvalue weighted by Crippen LogP contribution is 2.74. The maximum Gasteiger partial charge on any atom is 0.335 e. The maximum absolute atomic E-state index is 14.4. The molecule has 0 aromatic heterocycles. The van der Waals surface area contributed by atoms with Crippen LogP contribution < -0.4 is 5.32 Å². The van der Waals surface area contributed by atoms with E-state index in [0.717, 1.165) is 37.7 Å². The van der Waals surface area contributed by atoms with Gasteiger partial charge in [-0.3, -0.25) is 9.69 Å². The van der Waals surface area contributed by atoms with E-state index in [1.165, 1.54) is 36.8 Å². The molecule has 1 amide bonds. The number of carbonyl (C=O) groups is 2. The van der Waals surface area contributed by atoms with Crippen molar-refractivity contribution in [1.29, 1.82) is 0 Å². The summed E-state index contributed by atoms with van der Waals surface area (Å²) in [6.07, 6.45) is 12.5. The van der Waals surface area contributed by atoms with Crippen LogP contribution in [-0.2, 0) is 14.6 Å². The van der Waals surface area contributed by atoms with E-state index in [2.05, 4.69) is 57.5 Å². The Hall–Kier alpha value is -2.45. The number of allylic oxidation sites excluding steroid dienone is 3. The fraction of sp³-hybridized carbons (Fsp3) is 0.714. The molecular weight excluding hydrogens is 645 g/mol. The van der Waals surface area contributed by atoms with Crippen LogP contribution in [0.2, 0.25) is 0 Å². The van der Waals surface area contributed by atoms with Gasteiger partial charge in [0.25, 0.3) is 0 Å². The van der Waals surface area contributed by atoms with Gasteiger partial charge in [-0.05, 0) is 140 Å². The largest absolute Gasteiger partial charge is 0.478 e. The van der Waals surface area contributed by atoms with Crippen LogP contribution in [0, 0.1) is 57.2 Å². The molecule has 1 aromatic carbocycles. The highest BCUT2D eigenvalue weighted by atomic mass is 32.2. The van der Waals surface area contributed by atoms with Crippen LogP contribution in [0.1, 0.15) is 108 Å². The lowest BCUT2D eigenvalue weighted by Gasteiger charge is -2.68. The Balaban J connectivity index is 1.11. The van der Waals surface area contributed by atoms with Gasteiger partial charge in [0, 0.05) is 26.2 Å². The molecule has 5 fully saturated rings. The fourth-order valence-corrected chi connectivity index (χ4v) is 14.8. The Morgan fingerprint density at radius 3 is 2.26 bits per heavy atom. The van der Waals surface area contributed by atoms with Crippen LogP contribution in [0.25, 0.3) is 5.57 Å². The monoisotopic (exact) mass is 704 g/mol. The van der Waals surface area contributed by atoms with Gasteiger partial charge in [0.05, 0.1) is 22.5 Å². The predicted octanol–water partition coefficient (Wildman–Crippen LogP) is 7.49. The summed E-state index contributed by atoms with van der Waals surface area (Å²) in [6.45, 7) is 19.2. The van der Waals surface area contributed by atoms with Crippen molar-refractivity contribution in [3.63, 3.8) is 0 Å². The molecule has 9 atom stereocenters. The van der Waals surface area contributed by atoms with Gasteiger partial charge in [0.2, 0.25) is 5.91 Å². The van der Waals surface area contributed by atoms with Crippen molar-refractivity contribution in [2.45, 2.75) is 92.4 Å². The summed E-state index contributed by atoms with van der Waals surface area (Å²) in [5.74, 6) is 2.82. The van der Waals surface area contributed by atoms with Crippen LogP contribution in [-0.4, -0.2) is 68.0 Å². The number of nitrogens with zero attached hydrogens (tertiary/aromatic N) is 1. The van der Waals surface area contributed by atoms with Crippen molar-refractivity contribution in [3.05, 3.63) is 53.6 Å². The smallest absolute Gasteiger partial charge is 0.335 e. The average Bonchev–Trinajstić information content (AvgIpc) is 3.47. The molecule has 2 N–H and O–H groups in total. The normalized spacial score (nSPS) is 40.3. The molecule has 7 rings (SSSR count). The number of nitrogens with one attached hydrogen (secondary N) is 1. The lowest BCUT2D eigenvalue weighted by atomic mass is 9.36. The lowest BCUT2D eigenvalue weighted by molar-refractivity contribution is -0.184. The van der Waals surface area contributed by atoms with Gasteiger partial charge in [-0.25, -0.2) is 13.2 Å². The summed E-state index contributed by atoms with van der Waals surface area (Å²) >= 11 is 0. The molecule has 1 heterocycles. The van der Waals surface area contributed by atoms with E-state index < -0.39 is 15.8 Å². The number of sulfone groups is 1. The number of fused-ring (bicyclic) bond motifs is 7. The number of rotatable bonds is 7. The van der Waals surface area contributed by atoms with E-state index >= 15 is 0 Å². The molecule has 7 nitrogen and oxygen atoms in total. The Labute approximate surface area is 300 Å². The Morgan fingerprint density at radius 1 is 0.920 bits per heavy atom. The maximum atomic E-state index is 14.4. The second-order valence-electron chi connectivity index (χ2n) is 18.4. The predicted molar refractivity (Wildman–Crippen MR) is 199 cm³/mol. The molecule has 0 radical (unpaired) electrons. The number of amides is 1. The van der Waals surface area contributed by atoms with E-state index in [9.17, 15) is 23.1 Å². The number of carbonyl (C=O) groups excluding carboxylic acids is 1. The van der Waals surface area contributed by atoms with E-state index in [4.69, 9.17) is 0 Å². The number of carboxylic acid groups (broad SMARTS) is 1. The molecule has 1 saturated heterocycles. The van der Waals surface area contributed by atoms with Crippen LogP contribution in [0.4, 0.5) is 0 Å². The van der Waals surface area contributed by atoms with Crippen LogP contribution in [0.5, 0.6) is 0 Å². The van der Waals surface area contributed by atoms with E-state index in [-0.39, 0.29) is 39.1 Å². The topological polar surface area (TPSA) is 104 Å². The number of benzene rings is 1. The first kappa shape index (κ1) is 35.9. The summed E-state index contributed by atoms with van der Waals surface area (Å²) in [5.41, 5.74) is 4.16. The quantitative estimate of drug-likeness (QED) is 0.285. The Morgan fingerprint density at radius 2 is 1.60 bits per heavy atom. The number of hydrogen-bond donors (Lipinski definition) is 2. The molecule has 0 bridgehead atoms. The average molecular weight is 705 g/mol. The minimum Gasteiger partial charge on any atom is -0.478 e. The molecule has 1 aliphatic heterocycles. The highest BCUT2D eigenvalue weighted by molar-refractivity contribution is 7.91. The van der Waals surface area contributed by atoms with Crippen molar-refractivity contribution in [2.24, 2.45) is 57.2 Å². The molecule has 6 aliphatic rings. The second kappa shape index (κ2) is 12.6. The third-order valence-electron chi connectivity index (χ3n) is 15.8. The molecule has 5 aliphatic carbocycles. The minimum absolute atomic E-state index is 0.0192. The summed E-state index contributed by atoms with van der Waals surface area (Å²) < 4.78 is 23.8. The standard InChI is InChI=1S/C42H60N2O5S/c1-27(2)30-13-19-42(38(47)43-21-22-44-23-25-50(48,49)26-24-44)20-15-33-31(36(30)42)11-12-35-40(33,5)18-16-34-39(3,4)32(14-17-41(34,35)6)28-7-9-29(10-8-28)37(45)46/h7-10,14,30-31,33-36H,1,11-13,15-26H2,2-6H3,(H,43,47)(H,45,46)/t30-,31-,33?,34-,35?,36?,40-,41-,42-/m0/s1.